The van der Waals surface area contributed by atoms with Crippen molar-refractivity contribution in [3.05, 3.63) is 61.5 Å². The highest BCUT2D eigenvalue weighted by atomic mass is 79.9. The standard InChI is InChI=1S/C16H15Br3O/c1-9-7-13(18)10(2)14(16(9)20-3)15(19)11-5-4-6-12(17)8-11/h4-8,15H,1-3H3. The Labute approximate surface area is 145 Å². The molecule has 0 bridgehead atoms. The smallest absolute Gasteiger partial charge is 0.126 e. The van der Waals surface area contributed by atoms with Gasteiger partial charge in [0.1, 0.15) is 5.75 Å². The van der Waals surface area contributed by atoms with Crippen molar-refractivity contribution in [2.45, 2.75) is 18.7 Å². The predicted octanol–water partition coefficient (Wildman–Crippen LogP) is 6.32. The van der Waals surface area contributed by atoms with E-state index >= 15 is 0 Å². The molecule has 0 aliphatic carbocycles. The van der Waals surface area contributed by atoms with E-state index in [1.165, 1.54) is 11.1 Å². The first kappa shape index (κ1) is 16.1. The molecule has 0 aliphatic heterocycles. The van der Waals surface area contributed by atoms with E-state index in [9.17, 15) is 0 Å². The molecule has 0 saturated carbocycles. The molecule has 1 atom stereocenters. The molecule has 0 N–H and O–H groups in total. The lowest BCUT2D eigenvalue weighted by molar-refractivity contribution is 0.406. The molecule has 0 aliphatic rings. The molecule has 1 unspecified atom stereocenters. The van der Waals surface area contributed by atoms with Gasteiger partial charge in [-0.05, 0) is 48.7 Å². The Hall–Kier alpha value is -0.320. The summed E-state index contributed by atoms with van der Waals surface area (Å²) < 4.78 is 7.80. The normalized spacial score (nSPS) is 12.3. The van der Waals surface area contributed by atoms with Gasteiger partial charge in [-0.1, -0.05) is 59.9 Å². The fraction of sp³-hybridized carbons (Fsp3) is 0.250. The van der Waals surface area contributed by atoms with E-state index in [-0.39, 0.29) is 4.83 Å². The average Bonchev–Trinajstić information content (AvgIpc) is 2.41. The Morgan fingerprint density at radius 3 is 2.40 bits per heavy atom. The molecule has 106 valence electrons. The highest BCUT2D eigenvalue weighted by Crippen LogP contribution is 2.43. The SMILES string of the molecule is COc1c(C)cc(Br)c(C)c1C(Br)c1cccc(Br)c1. The molecule has 4 heteroatoms. The summed E-state index contributed by atoms with van der Waals surface area (Å²) >= 11 is 11.0. The predicted molar refractivity (Wildman–Crippen MR) is 95.1 cm³/mol. The van der Waals surface area contributed by atoms with Crippen LogP contribution in [0.2, 0.25) is 0 Å². The maximum absolute atomic E-state index is 5.62. The van der Waals surface area contributed by atoms with Crippen molar-refractivity contribution in [3.63, 3.8) is 0 Å². The van der Waals surface area contributed by atoms with Crippen molar-refractivity contribution < 1.29 is 4.74 Å². The molecule has 0 spiro atoms. The summed E-state index contributed by atoms with van der Waals surface area (Å²) in [5, 5.41) is 0. The van der Waals surface area contributed by atoms with Crippen LogP contribution in [0.25, 0.3) is 0 Å². The summed E-state index contributed by atoms with van der Waals surface area (Å²) in [5.74, 6) is 0.938. The Bertz CT molecular complexity index is 638. The Morgan fingerprint density at radius 1 is 1.10 bits per heavy atom. The molecule has 2 rings (SSSR count). The number of aryl methyl sites for hydroxylation is 1. The molecule has 20 heavy (non-hydrogen) atoms. The largest absolute Gasteiger partial charge is 0.496 e. The van der Waals surface area contributed by atoms with Crippen molar-refractivity contribution in [2.24, 2.45) is 0 Å². The third-order valence-corrected chi connectivity index (χ3v) is 5.61. The molecule has 1 nitrogen and oxygen atoms in total. The lowest BCUT2D eigenvalue weighted by atomic mass is 9.97. The lowest BCUT2D eigenvalue weighted by Crippen LogP contribution is -2.02. The Balaban J connectivity index is 2.62. The first-order valence-electron chi connectivity index (χ1n) is 6.18. The van der Waals surface area contributed by atoms with Crippen LogP contribution in [0.4, 0.5) is 0 Å². The second-order valence-corrected chi connectivity index (χ2v) is 7.35. The van der Waals surface area contributed by atoms with Crippen LogP contribution in [0.5, 0.6) is 5.75 Å². The van der Waals surface area contributed by atoms with Crippen LogP contribution in [0, 0.1) is 13.8 Å². The van der Waals surface area contributed by atoms with Crippen molar-refractivity contribution in [1.82, 2.24) is 0 Å². The van der Waals surface area contributed by atoms with Gasteiger partial charge in [-0.15, -0.1) is 0 Å². The number of benzene rings is 2. The van der Waals surface area contributed by atoms with Gasteiger partial charge in [0.2, 0.25) is 0 Å². The molecule has 0 fully saturated rings. The molecule has 0 aromatic heterocycles. The Morgan fingerprint density at radius 2 is 1.80 bits per heavy atom. The topological polar surface area (TPSA) is 9.23 Å². The highest BCUT2D eigenvalue weighted by Gasteiger charge is 2.21. The van der Waals surface area contributed by atoms with Crippen LogP contribution in [0.3, 0.4) is 0 Å². The molecule has 0 saturated heterocycles. The Kier molecular flexibility index (Phi) is 5.32. The minimum absolute atomic E-state index is 0.0890. The average molecular weight is 463 g/mol. The molecule has 0 amide bonds. The molecular weight excluding hydrogens is 448 g/mol. The molecule has 0 heterocycles. The second-order valence-electron chi connectivity index (χ2n) is 4.66. The van der Waals surface area contributed by atoms with Crippen LogP contribution in [-0.4, -0.2) is 7.11 Å². The first-order chi connectivity index (χ1) is 9.45. The summed E-state index contributed by atoms with van der Waals surface area (Å²) in [5.41, 5.74) is 4.67. The lowest BCUT2D eigenvalue weighted by Gasteiger charge is -2.20. The van der Waals surface area contributed by atoms with Crippen molar-refractivity contribution in [3.8, 4) is 5.75 Å². The molecule has 2 aromatic carbocycles. The van der Waals surface area contributed by atoms with Gasteiger partial charge in [-0.25, -0.2) is 0 Å². The van der Waals surface area contributed by atoms with Gasteiger partial charge in [0.25, 0.3) is 0 Å². The van der Waals surface area contributed by atoms with Gasteiger partial charge in [0, 0.05) is 14.5 Å². The van der Waals surface area contributed by atoms with E-state index in [2.05, 4.69) is 79.8 Å². The third-order valence-electron chi connectivity index (χ3n) is 3.31. The number of rotatable bonds is 3. The van der Waals surface area contributed by atoms with Gasteiger partial charge < -0.3 is 4.74 Å². The van der Waals surface area contributed by atoms with Crippen LogP contribution in [0.1, 0.15) is 27.1 Å². The minimum Gasteiger partial charge on any atom is -0.496 e. The van der Waals surface area contributed by atoms with Crippen LogP contribution >= 0.6 is 47.8 Å². The van der Waals surface area contributed by atoms with E-state index in [0.717, 1.165) is 25.8 Å². The van der Waals surface area contributed by atoms with Gasteiger partial charge in [0.15, 0.2) is 0 Å². The fourth-order valence-electron chi connectivity index (χ4n) is 2.28. The zero-order valence-electron chi connectivity index (χ0n) is 11.5. The van der Waals surface area contributed by atoms with E-state index in [4.69, 9.17) is 4.74 Å². The summed E-state index contributed by atoms with van der Waals surface area (Å²) in [6.45, 7) is 4.17. The summed E-state index contributed by atoms with van der Waals surface area (Å²) in [6, 6.07) is 10.4. The van der Waals surface area contributed by atoms with Gasteiger partial charge in [0.05, 0.1) is 11.9 Å². The maximum Gasteiger partial charge on any atom is 0.126 e. The number of ether oxygens (including phenoxy) is 1. The van der Waals surface area contributed by atoms with E-state index < -0.39 is 0 Å². The zero-order chi connectivity index (χ0) is 14.9. The van der Waals surface area contributed by atoms with E-state index in [0.29, 0.717) is 0 Å². The molecule has 0 radical (unpaired) electrons. The van der Waals surface area contributed by atoms with Crippen LogP contribution in [0.15, 0.2) is 39.3 Å². The van der Waals surface area contributed by atoms with E-state index in [1.54, 1.807) is 7.11 Å². The summed E-state index contributed by atoms with van der Waals surface area (Å²) in [6.07, 6.45) is 0. The monoisotopic (exact) mass is 460 g/mol. The quantitative estimate of drug-likeness (QED) is 0.485. The maximum atomic E-state index is 5.62. The number of methoxy groups -OCH3 is 1. The third kappa shape index (κ3) is 3.12. The van der Waals surface area contributed by atoms with Crippen molar-refractivity contribution in [1.29, 1.82) is 0 Å². The second kappa shape index (κ2) is 6.63. The number of halogens is 3. The fourth-order valence-corrected chi connectivity index (χ4v) is 4.09. The minimum atomic E-state index is 0.0890. The van der Waals surface area contributed by atoms with Crippen LogP contribution in [-0.2, 0) is 0 Å². The molecule has 2 aromatic rings. The molecular formula is C16H15Br3O. The highest BCUT2D eigenvalue weighted by molar-refractivity contribution is 9.11. The van der Waals surface area contributed by atoms with Gasteiger partial charge in [-0.3, -0.25) is 0 Å². The van der Waals surface area contributed by atoms with E-state index in [1.807, 2.05) is 12.1 Å². The number of hydrogen-bond acceptors (Lipinski definition) is 1. The van der Waals surface area contributed by atoms with Gasteiger partial charge in [-0.2, -0.15) is 0 Å². The number of hydrogen-bond donors (Lipinski definition) is 0. The van der Waals surface area contributed by atoms with Gasteiger partial charge >= 0.3 is 0 Å². The van der Waals surface area contributed by atoms with Crippen LogP contribution < -0.4 is 4.74 Å². The van der Waals surface area contributed by atoms with Crippen molar-refractivity contribution in [2.75, 3.05) is 7.11 Å². The summed E-state index contributed by atoms with van der Waals surface area (Å²) in [4.78, 5) is 0.0890. The van der Waals surface area contributed by atoms with Crippen molar-refractivity contribution >= 4 is 47.8 Å². The number of alkyl halides is 1. The first-order valence-corrected chi connectivity index (χ1v) is 8.69. The summed E-state index contributed by atoms with van der Waals surface area (Å²) in [7, 11) is 1.72. The zero-order valence-corrected chi connectivity index (χ0v) is 16.3.